The number of hydrogen-bond acceptors (Lipinski definition) is 5. The van der Waals surface area contributed by atoms with E-state index in [9.17, 15) is 14.7 Å². The van der Waals surface area contributed by atoms with Crippen LogP contribution in [-0.2, 0) is 23.2 Å². The zero-order valence-electron chi connectivity index (χ0n) is 25.4. The number of nitrogens with one attached hydrogen (secondary N) is 2. The van der Waals surface area contributed by atoms with Crippen LogP contribution in [0.25, 0.3) is 0 Å². The summed E-state index contributed by atoms with van der Waals surface area (Å²) in [7, 11) is 0. The Bertz CT molecular complexity index is 1560. The predicted octanol–water partition coefficient (Wildman–Crippen LogP) is 6.13. The normalized spacial score (nSPS) is 22.7. The quantitative estimate of drug-likeness (QED) is 0.297. The number of aromatic nitrogens is 3. The molecule has 0 saturated carbocycles. The molecule has 3 atom stereocenters. The molecular weight excluding hydrogens is 538 g/mol. The van der Waals surface area contributed by atoms with Crippen LogP contribution in [0.15, 0.2) is 84.7 Å². The summed E-state index contributed by atoms with van der Waals surface area (Å²) in [5, 5.41) is 17.1. The minimum absolute atomic E-state index is 0.0314. The van der Waals surface area contributed by atoms with Gasteiger partial charge in [-0.1, -0.05) is 49.4 Å². The summed E-state index contributed by atoms with van der Waals surface area (Å²) < 4.78 is 2.10. The van der Waals surface area contributed by atoms with E-state index in [0.29, 0.717) is 17.8 Å². The van der Waals surface area contributed by atoms with E-state index in [2.05, 4.69) is 57.5 Å². The summed E-state index contributed by atoms with van der Waals surface area (Å²) in [6.07, 6.45) is 17.7. The highest BCUT2D eigenvalue weighted by molar-refractivity contribution is 5.96. The van der Waals surface area contributed by atoms with Crippen molar-refractivity contribution < 1.29 is 14.7 Å². The van der Waals surface area contributed by atoms with Gasteiger partial charge >= 0.3 is 0 Å². The van der Waals surface area contributed by atoms with E-state index in [4.69, 9.17) is 4.98 Å². The third-order valence-corrected chi connectivity index (χ3v) is 8.34. The number of aliphatic hydroxyl groups is 1. The lowest BCUT2D eigenvalue weighted by molar-refractivity contribution is -0.115. The summed E-state index contributed by atoms with van der Waals surface area (Å²) in [4.78, 5) is 35.5. The first-order valence-corrected chi connectivity index (χ1v) is 15.1. The molecule has 0 spiro atoms. The second-order valence-electron chi connectivity index (χ2n) is 11.9. The lowest BCUT2D eigenvalue weighted by Gasteiger charge is -2.39. The number of benzene rings is 1. The third kappa shape index (κ3) is 6.86. The van der Waals surface area contributed by atoms with E-state index in [1.165, 1.54) is 5.57 Å². The van der Waals surface area contributed by atoms with Gasteiger partial charge in [0.15, 0.2) is 0 Å². The highest BCUT2D eigenvalue weighted by atomic mass is 16.3. The Labute approximate surface area is 253 Å². The van der Waals surface area contributed by atoms with E-state index in [-0.39, 0.29) is 36.2 Å². The SMILES string of the molecule is CCc1ccc(C(=O)NC2CC(C3=C/C=C\CC/C=C\3)C(C)n3c(C(C)(C)O)cnc32)cc1CC(=O)Nc1ccccn1. The van der Waals surface area contributed by atoms with Gasteiger partial charge in [-0.3, -0.25) is 9.59 Å². The molecule has 3 unspecified atom stereocenters. The van der Waals surface area contributed by atoms with Gasteiger partial charge in [0, 0.05) is 23.7 Å². The van der Waals surface area contributed by atoms with Gasteiger partial charge in [-0.2, -0.15) is 0 Å². The average molecular weight is 580 g/mol. The molecule has 1 aromatic carbocycles. The van der Waals surface area contributed by atoms with Crippen molar-refractivity contribution in [2.45, 2.75) is 77.5 Å². The summed E-state index contributed by atoms with van der Waals surface area (Å²) in [5.41, 5.74) is 3.13. The Hall–Kier alpha value is -4.30. The predicted molar refractivity (Wildman–Crippen MR) is 168 cm³/mol. The Morgan fingerprint density at radius 3 is 2.65 bits per heavy atom. The molecule has 0 radical (unpaired) electrons. The lowest BCUT2D eigenvalue weighted by atomic mass is 9.81. The number of amides is 2. The Morgan fingerprint density at radius 2 is 1.91 bits per heavy atom. The van der Waals surface area contributed by atoms with Gasteiger partial charge in [0.2, 0.25) is 5.91 Å². The molecule has 0 saturated heterocycles. The van der Waals surface area contributed by atoms with Crippen LogP contribution in [0.5, 0.6) is 0 Å². The van der Waals surface area contributed by atoms with Crippen LogP contribution in [0.2, 0.25) is 0 Å². The monoisotopic (exact) mass is 579 g/mol. The number of rotatable bonds is 8. The number of fused-ring (bicyclic) bond motifs is 1. The van der Waals surface area contributed by atoms with Gasteiger partial charge in [-0.05, 0) is 87.4 Å². The number of anilines is 1. The molecule has 1 aliphatic heterocycles. The van der Waals surface area contributed by atoms with Gasteiger partial charge in [0.05, 0.1) is 24.4 Å². The van der Waals surface area contributed by atoms with E-state index in [1.807, 2.05) is 31.2 Å². The van der Waals surface area contributed by atoms with Gasteiger partial charge in [0.25, 0.3) is 5.91 Å². The van der Waals surface area contributed by atoms with Crippen LogP contribution >= 0.6 is 0 Å². The lowest BCUT2D eigenvalue weighted by Crippen LogP contribution is -2.39. The summed E-state index contributed by atoms with van der Waals surface area (Å²) in [6.45, 7) is 7.72. The van der Waals surface area contributed by atoms with Crippen LogP contribution < -0.4 is 10.6 Å². The van der Waals surface area contributed by atoms with Crippen LogP contribution in [-0.4, -0.2) is 31.5 Å². The number of pyridine rings is 1. The van der Waals surface area contributed by atoms with Crippen molar-refractivity contribution in [1.29, 1.82) is 0 Å². The molecule has 8 heteroatoms. The van der Waals surface area contributed by atoms with Crippen molar-refractivity contribution in [3.05, 3.63) is 113 Å². The first kappa shape index (κ1) is 30.2. The van der Waals surface area contributed by atoms with Crippen molar-refractivity contribution in [3.63, 3.8) is 0 Å². The van der Waals surface area contributed by atoms with E-state index in [0.717, 1.165) is 41.9 Å². The van der Waals surface area contributed by atoms with Gasteiger partial charge in [0.1, 0.15) is 17.2 Å². The molecule has 3 aromatic rings. The number of imidazole rings is 1. The number of carbonyl (C=O) groups is 2. The Kier molecular flexibility index (Phi) is 9.06. The molecule has 8 nitrogen and oxygen atoms in total. The molecule has 3 N–H and O–H groups in total. The Morgan fingerprint density at radius 1 is 1.09 bits per heavy atom. The van der Waals surface area contributed by atoms with Crippen LogP contribution in [0, 0.1) is 5.92 Å². The fourth-order valence-electron chi connectivity index (χ4n) is 6.09. The van der Waals surface area contributed by atoms with Crippen LogP contribution in [0.1, 0.15) is 92.0 Å². The number of hydrogen-bond donors (Lipinski definition) is 3. The standard InChI is InChI=1S/C35H41N5O3/c1-5-24-16-17-26(19-27(24)20-32(41)39-31-15-11-12-18-36-31)34(42)38-29-21-28(25-13-9-7-6-8-10-14-25)23(2)40-30(35(3,4)43)22-37-33(29)40/h7,9-19,22-23,28-29,43H,5-6,8,20-21H2,1-4H3,(H,38,42)(H,36,39,41)/b9-7-,14-10-,25-13+. The minimum Gasteiger partial charge on any atom is -0.384 e. The summed E-state index contributed by atoms with van der Waals surface area (Å²) in [5.74, 6) is 0.909. The highest BCUT2D eigenvalue weighted by Crippen LogP contribution is 2.43. The van der Waals surface area contributed by atoms with Gasteiger partial charge < -0.3 is 20.3 Å². The molecular formula is C35H41N5O3. The second kappa shape index (κ2) is 12.9. The minimum atomic E-state index is -1.10. The maximum absolute atomic E-state index is 13.8. The molecule has 0 bridgehead atoms. The topological polar surface area (TPSA) is 109 Å². The number of carbonyl (C=O) groups excluding carboxylic acids is 2. The largest absolute Gasteiger partial charge is 0.384 e. The third-order valence-electron chi connectivity index (χ3n) is 8.34. The van der Waals surface area contributed by atoms with Crippen molar-refractivity contribution in [2.24, 2.45) is 5.92 Å². The molecule has 43 heavy (non-hydrogen) atoms. The van der Waals surface area contributed by atoms with Crippen molar-refractivity contribution in [1.82, 2.24) is 19.9 Å². The molecule has 224 valence electrons. The van der Waals surface area contributed by atoms with E-state index < -0.39 is 5.60 Å². The molecule has 2 aliphatic rings. The number of aryl methyl sites for hydroxylation is 1. The second-order valence-corrected chi connectivity index (χ2v) is 11.9. The maximum atomic E-state index is 13.8. The van der Waals surface area contributed by atoms with Crippen molar-refractivity contribution in [2.75, 3.05) is 5.32 Å². The van der Waals surface area contributed by atoms with E-state index in [1.54, 1.807) is 38.4 Å². The zero-order valence-corrected chi connectivity index (χ0v) is 25.4. The molecule has 5 rings (SSSR count). The first-order chi connectivity index (χ1) is 20.7. The van der Waals surface area contributed by atoms with Gasteiger partial charge in [-0.15, -0.1) is 0 Å². The molecule has 2 amide bonds. The van der Waals surface area contributed by atoms with Crippen LogP contribution in [0.4, 0.5) is 5.82 Å². The molecule has 2 aromatic heterocycles. The fraction of sp³-hybridized carbons (Fsp3) is 0.371. The Balaban J connectivity index is 1.43. The van der Waals surface area contributed by atoms with Crippen molar-refractivity contribution >= 4 is 17.6 Å². The highest BCUT2D eigenvalue weighted by Gasteiger charge is 2.39. The first-order valence-electron chi connectivity index (χ1n) is 15.1. The zero-order chi connectivity index (χ0) is 30.6. The summed E-state index contributed by atoms with van der Waals surface area (Å²) in [6, 6.07) is 10.6. The van der Waals surface area contributed by atoms with E-state index >= 15 is 0 Å². The fourth-order valence-corrected chi connectivity index (χ4v) is 6.09. The van der Waals surface area contributed by atoms with Crippen LogP contribution in [0.3, 0.4) is 0 Å². The molecule has 0 fully saturated rings. The average Bonchev–Trinajstić information content (AvgIpc) is 3.42. The smallest absolute Gasteiger partial charge is 0.251 e. The number of allylic oxidation sites excluding steroid dienone is 6. The van der Waals surface area contributed by atoms with Crippen molar-refractivity contribution in [3.8, 4) is 0 Å². The number of nitrogens with zero attached hydrogens (tertiary/aromatic N) is 3. The molecule has 3 heterocycles. The molecule has 1 aliphatic carbocycles. The maximum Gasteiger partial charge on any atom is 0.251 e. The summed E-state index contributed by atoms with van der Waals surface area (Å²) >= 11 is 0. The van der Waals surface area contributed by atoms with Gasteiger partial charge in [-0.25, -0.2) is 9.97 Å².